The molecule has 2 aromatic heterocycles. The van der Waals surface area contributed by atoms with E-state index >= 15 is 0 Å². The van der Waals surface area contributed by atoms with Crippen molar-refractivity contribution in [2.24, 2.45) is 0 Å². The van der Waals surface area contributed by atoms with Crippen molar-refractivity contribution in [2.45, 2.75) is 11.9 Å². The molecule has 0 saturated heterocycles. The van der Waals surface area contributed by atoms with E-state index in [4.69, 9.17) is 0 Å². The van der Waals surface area contributed by atoms with Gasteiger partial charge in [-0.1, -0.05) is 0 Å². The maximum atomic E-state index is 11.0. The van der Waals surface area contributed by atoms with Gasteiger partial charge >= 0.3 is 0 Å². The fraction of sp³-hybridized carbons (Fsp3) is 0.143. The van der Waals surface area contributed by atoms with Gasteiger partial charge in [-0.05, 0) is 30.5 Å². The zero-order valence-electron chi connectivity index (χ0n) is 12.0. The first-order valence-corrected chi connectivity index (χ1v) is 7.77. The summed E-state index contributed by atoms with van der Waals surface area (Å²) in [5, 5.41) is 14.8. The summed E-state index contributed by atoms with van der Waals surface area (Å²) in [6.07, 6.45) is 3.44. The SMILES string of the molecule is CSc1n[nH]c2ncnc(Nc3ccc(NC(C)=O)cc3)c12. The third-order valence-electron chi connectivity index (χ3n) is 2.99. The summed E-state index contributed by atoms with van der Waals surface area (Å²) in [4.78, 5) is 19.5. The van der Waals surface area contributed by atoms with Crippen LogP contribution in [0, 0.1) is 0 Å². The highest BCUT2D eigenvalue weighted by atomic mass is 32.2. The Labute approximate surface area is 130 Å². The first kappa shape index (κ1) is 14.3. The maximum Gasteiger partial charge on any atom is 0.221 e. The van der Waals surface area contributed by atoms with Gasteiger partial charge in [0.2, 0.25) is 5.91 Å². The van der Waals surface area contributed by atoms with Crippen LogP contribution in [0.1, 0.15) is 6.92 Å². The van der Waals surface area contributed by atoms with Crippen LogP contribution in [0.3, 0.4) is 0 Å². The van der Waals surface area contributed by atoms with E-state index in [9.17, 15) is 4.79 Å². The van der Waals surface area contributed by atoms with E-state index in [1.54, 1.807) is 0 Å². The highest BCUT2D eigenvalue weighted by Crippen LogP contribution is 2.29. The van der Waals surface area contributed by atoms with Crippen molar-refractivity contribution in [3.8, 4) is 0 Å². The number of aromatic amines is 1. The number of rotatable bonds is 4. The van der Waals surface area contributed by atoms with Crippen LogP contribution in [0.4, 0.5) is 17.2 Å². The average Bonchev–Trinajstić information content (AvgIpc) is 2.93. The van der Waals surface area contributed by atoms with E-state index in [-0.39, 0.29) is 5.91 Å². The Morgan fingerprint density at radius 1 is 1.18 bits per heavy atom. The zero-order valence-corrected chi connectivity index (χ0v) is 12.9. The molecule has 1 amide bonds. The second kappa shape index (κ2) is 6.02. The van der Waals surface area contributed by atoms with Gasteiger partial charge < -0.3 is 10.6 Å². The Bertz CT molecular complexity index is 814. The fourth-order valence-electron chi connectivity index (χ4n) is 2.05. The summed E-state index contributed by atoms with van der Waals surface area (Å²) in [7, 11) is 0. The molecule has 3 N–H and O–H groups in total. The van der Waals surface area contributed by atoms with Crippen LogP contribution in [0.2, 0.25) is 0 Å². The van der Waals surface area contributed by atoms with Gasteiger partial charge in [-0.2, -0.15) is 5.10 Å². The normalized spacial score (nSPS) is 10.6. The molecule has 7 nitrogen and oxygen atoms in total. The predicted octanol–water partition coefficient (Wildman–Crippen LogP) is 2.78. The molecule has 8 heteroatoms. The lowest BCUT2D eigenvalue weighted by Gasteiger charge is -2.08. The third kappa shape index (κ3) is 2.86. The van der Waals surface area contributed by atoms with Gasteiger partial charge in [-0.25, -0.2) is 9.97 Å². The summed E-state index contributed by atoms with van der Waals surface area (Å²) < 4.78 is 0. The predicted molar refractivity (Wildman–Crippen MR) is 87.5 cm³/mol. The monoisotopic (exact) mass is 314 g/mol. The lowest BCUT2D eigenvalue weighted by atomic mass is 10.2. The molecule has 0 atom stereocenters. The van der Waals surface area contributed by atoms with E-state index in [1.165, 1.54) is 25.0 Å². The van der Waals surface area contributed by atoms with Crippen molar-refractivity contribution in [1.82, 2.24) is 20.2 Å². The molecule has 0 aliphatic rings. The van der Waals surface area contributed by atoms with Crippen LogP contribution in [-0.2, 0) is 4.79 Å². The summed E-state index contributed by atoms with van der Waals surface area (Å²) in [6, 6.07) is 7.40. The summed E-state index contributed by atoms with van der Waals surface area (Å²) in [5.41, 5.74) is 2.30. The van der Waals surface area contributed by atoms with Crippen molar-refractivity contribution in [3.63, 3.8) is 0 Å². The quantitative estimate of drug-likeness (QED) is 0.641. The number of nitrogens with one attached hydrogen (secondary N) is 3. The maximum absolute atomic E-state index is 11.0. The molecule has 2 heterocycles. The van der Waals surface area contributed by atoms with Crippen LogP contribution in [0.15, 0.2) is 35.6 Å². The molecule has 0 aliphatic heterocycles. The lowest BCUT2D eigenvalue weighted by Crippen LogP contribution is -2.05. The first-order valence-electron chi connectivity index (χ1n) is 6.55. The molecule has 0 saturated carbocycles. The molecule has 0 spiro atoms. The highest BCUT2D eigenvalue weighted by molar-refractivity contribution is 7.98. The largest absolute Gasteiger partial charge is 0.339 e. The third-order valence-corrected chi connectivity index (χ3v) is 3.67. The Kier molecular flexibility index (Phi) is 3.92. The molecule has 0 radical (unpaired) electrons. The van der Waals surface area contributed by atoms with Gasteiger partial charge in [0, 0.05) is 18.3 Å². The van der Waals surface area contributed by atoms with Gasteiger partial charge in [0.25, 0.3) is 0 Å². The zero-order chi connectivity index (χ0) is 15.5. The molecule has 0 unspecified atom stereocenters. The number of hydrogen-bond donors (Lipinski definition) is 3. The number of carbonyl (C=O) groups is 1. The molecule has 0 aliphatic carbocycles. The van der Waals surface area contributed by atoms with Crippen LogP contribution < -0.4 is 10.6 Å². The Balaban J connectivity index is 1.89. The van der Waals surface area contributed by atoms with Crippen molar-refractivity contribution in [3.05, 3.63) is 30.6 Å². The number of nitrogens with zero attached hydrogens (tertiary/aromatic N) is 3. The van der Waals surface area contributed by atoms with Crippen molar-refractivity contribution >= 4 is 45.9 Å². The number of benzene rings is 1. The molecule has 0 fully saturated rings. The van der Waals surface area contributed by atoms with Crippen LogP contribution in [-0.4, -0.2) is 32.3 Å². The van der Waals surface area contributed by atoms with Gasteiger partial charge in [-0.3, -0.25) is 9.89 Å². The van der Waals surface area contributed by atoms with E-state index < -0.39 is 0 Å². The molecule has 0 bridgehead atoms. The number of thioether (sulfide) groups is 1. The first-order chi connectivity index (χ1) is 10.7. The minimum absolute atomic E-state index is 0.0961. The second-order valence-corrected chi connectivity index (χ2v) is 5.36. The van der Waals surface area contributed by atoms with Crippen LogP contribution in [0.5, 0.6) is 0 Å². The number of aromatic nitrogens is 4. The number of hydrogen-bond acceptors (Lipinski definition) is 6. The average molecular weight is 314 g/mol. The molecule has 3 aromatic rings. The van der Waals surface area contributed by atoms with Gasteiger partial charge in [0.15, 0.2) is 5.65 Å². The molecule has 3 rings (SSSR count). The highest BCUT2D eigenvalue weighted by Gasteiger charge is 2.12. The second-order valence-electron chi connectivity index (χ2n) is 4.56. The molecule has 1 aromatic carbocycles. The van der Waals surface area contributed by atoms with Crippen molar-refractivity contribution < 1.29 is 4.79 Å². The number of fused-ring (bicyclic) bond motifs is 1. The molecular formula is C14H14N6OS. The summed E-state index contributed by atoms with van der Waals surface area (Å²) in [5.74, 6) is 0.594. The van der Waals surface area contributed by atoms with E-state index in [0.29, 0.717) is 11.5 Å². The molecule has 112 valence electrons. The smallest absolute Gasteiger partial charge is 0.221 e. The van der Waals surface area contributed by atoms with Crippen LogP contribution >= 0.6 is 11.8 Å². The Hall–Kier alpha value is -2.61. The van der Waals surface area contributed by atoms with E-state index in [1.807, 2.05) is 30.5 Å². The number of anilines is 3. The van der Waals surface area contributed by atoms with Gasteiger partial charge in [0.1, 0.15) is 17.2 Å². The van der Waals surface area contributed by atoms with Crippen molar-refractivity contribution in [1.29, 1.82) is 0 Å². The van der Waals surface area contributed by atoms with Crippen molar-refractivity contribution in [2.75, 3.05) is 16.9 Å². The van der Waals surface area contributed by atoms with E-state index in [0.717, 1.165) is 21.8 Å². The summed E-state index contributed by atoms with van der Waals surface area (Å²) in [6.45, 7) is 1.48. The van der Waals surface area contributed by atoms with E-state index in [2.05, 4.69) is 30.8 Å². The minimum atomic E-state index is -0.0961. The molecule has 22 heavy (non-hydrogen) atoms. The molecular weight excluding hydrogens is 300 g/mol. The number of carbonyl (C=O) groups excluding carboxylic acids is 1. The Morgan fingerprint density at radius 2 is 1.91 bits per heavy atom. The summed E-state index contributed by atoms with van der Waals surface area (Å²) >= 11 is 1.53. The topological polar surface area (TPSA) is 95.6 Å². The lowest BCUT2D eigenvalue weighted by molar-refractivity contribution is -0.114. The van der Waals surface area contributed by atoms with Gasteiger partial charge in [-0.15, -0.1) is 11.8 Å². The van der Waals surface area contributed by atoms with Crippen LogP contribution in [0.25, 0.3) is 11.0 Å². The minimum Gasteiger partial charge on any atom is -0.339 e. The standard InChI is InChI=1S/C14H14N6OS/c1-8(21)17-9-3-5-10(6-4-9)18-12-11-13(16-7-15-12)19-20-14(11)22-2/h3-7H,1-2H3,(H,17,21)(H2,15,16,18,19,20). The fourth-order valence-corrected chi connectivity index (χ4v) is 2.59. The number of H-pyrrole nitrogens is 1. The van der Waals surface area contributed by atoms with Gasteiger partial charge in [0.05, 0.1) is 5.39 Å². The number of amides is 1. The Morgan fingerprint density at radius 3 is 2.59 bits per heavy atom.